The molecule has 2 aromatic carbocycles. The minimum Gasteiger partial charge on any atom is -0.550 e. The summed E-state index contributed by atoms with van der Waals surface area (Å²) in [4.78, 5) is 11.0. The number of nitrogens with one attached hydrogen (secondary N) is 3. The molecule has 0 amide bonds. The first-order chi connectivity index (χ1) is 14.5. The number of carbonyl (C=O) groups is 1. The zero-order valence-electron chi connectivity index (χ0n) is 17.0. The Morgan fingerprint density at radius 3 is 2.71 bits per heavy atom. The van der Waals surface area contributed by atoms with E-state index in [1.165, 1.54) is 0 Å². The van der Waals surface area contributed by atoms with E-state index in [1.807, 2.05) is 42.5 Å². The van der Waals surface area contributed by atoms with Crippen LogP contribution in [-0.2, 0) is 11.2 Å². The number of carboxylic acid groups (broad SMARTS) is 1. The smallest absolute Gasteiger partial charge is 0.550 e. The topological polar surface area (TPSA) is 97.9 Å². The normalized spacial score (nSPS) is 14.9. The second-order valence-corrected chi connectivity index (χ2v) is 7.80. The van der Waals surface area contributed by atoms with Gasteiger partial charge in [-0.15, -0.1) is 0 Å². The third kappa shape index (κ3) is 5.95. The van der Waals surface area contributed by atoms with Gasteiger partial charge in [0.25, 0.3) is 0 Å². The number of carboxylic acids is 1. The van der Waals surface area contributed by atoms with Gasteiger partial charge in [-0.05, 0) is 97.5 Å². The van der Waals surface area contributed by atoms with Gasteiger partial charge in [-0.25, -0.2) is 0 Å². The maximum atomic E-state index is 11.0. The summed E-state index contributed by atoms with van der Waals surface area (Å²) >= 11 is 10.5. The van der Waals surface area contributed by atoms with Crippen LogP contribution in [-0.4, -0.2) is 27.5 Å². The molecular formula is C21H20KN4O3S2. The van der Waals surface area contributed by atoms with Crippen LogP contribution in [0.1, 0.15) is 29.9 Å². The van der Waals surface area contributed by atoms with Gasteiger partial charge in [0.1, 0.15) is 5.75 Å². The van der Waals surface area contributed by atoms with Crippen LogP contribution in [0.25, 0.3) is 5.69 Å². The van der Waals surface area contributed by atoms with Crippen molar-refractivity contribution in [3.8, 4) is 11.4 Å². The van der Waals surface area contributed by atoms with E-state index in [-0.39, 0.29) is 70.5 Å². The van der Waals surface area contributed by atoms with Crippen LogP contribution in [0.15, 0.2) is 42.5 Å². The van der Waals surface area contributed by atoms with Crippen LogP contribution in [0.2, 0.25) is 0 Å². The third-order valence-corrected chi connectivity index (χ3v) is 5.64. The Morgan fingerprint density at radius 1 is 1.19 bits per heavy atom. The van der Waals surface area contributed by atoms with Crippen molar-refractivity contribution in [1.82, 2.24) is 14.8 Å². The number of fused-ring (bicyclic) bond motifs is 1. The molecule has 0 fully saturated rings. The molecule has 0 saturated heterocycles. The van der Waals surface area contributed by atoms with E-state index in [2.05, 4.69) is 21.9 Å². The molecule has 7 nitrogen and oxygen atoms in total. The van der Waals surface area contributed by atoms with Gasteiger partial charge in [-0.2, -0.15) is 0 Å². The molecule has 3 N–H and O–H groups in total. The first-order valence-corrected chi connectivity index (χ1v) is 10.4. The van der Waals surface area contributed by atoms with Crippen molar-refractivity contribution in [1.29, 1.82) is 0 Å². The molecule has 0 aliphatic heterocycles. The van der Waals surface area contributed by atoms with Crippen LogP contribution in [0, 0.1) is 16.0 Å². The predicted molar refractivity (Wildman–Crippen MR) is 117 cm³/mol. The summed E-state index contributed by atoms with van der Waals surface area (Å²) in [7, 11) is 0. The van der Waals surface area contributed by atoms with Crippen molar-refractivity contribution in [2.24, 2.45) is 0 Å². The van der Waals surface area contributed by atoms with Crippen molar-refractivity contribution in [3.05, 3.63) is 69.6 Å². The Bertz CT molecular complexity index is 1160. The minimum atomic E-state index is -1.03. The standard InChI is InChI=1S/C21H21N4O3S2.K/c26-19(27)10-14-4-1-3-13-9-17(7-8-18(13)14)28-12-22-15-5-2-6-16(11-15)25-20(29)23-24-21(25)30;/h2,4-9,11,14,22H,1,3,10,12H2,(H,23,29)(H,24,30)(H,26,27);/q;+1/p-1. The van der Waals surface area contributed by atoms with Crippen molar-refractivity contribution in [3.63, 3.8) is 0 Å². The number of carbonyl (C=O) groups excluding carboxylic acids is 1. The van der Waals surface area contributed by atoms with Gasteiger partial charge in [-0.3, -0.25) is 14.8 Å². The summed E-state index contributed by atoms with van der Waals surface area (Å²) in [6.07, 6.45) is 3.79. The molecule has 31 heavy (non-hydrogen) atoms. The summed E-state index contributed by atoms with van der Waals surface area (Å²) in [6.45, 7) is 0.280. The Hall–Kier alpha value is -1.27. The number of aromatic amines is 2. The average Bonchev–Trinajstić information content (AvgIpc) is 3.06. The molecule has 1 atom stereocenters. The molecule has 1 aliphatic rings. The SMILES string of the molecule is O=C([O-])CC1[CH]CCc2cc(OCNc3cccc(-n4c(=S)[nH][nH]c4=S)c3)ccc21.[K+]. The van der Waals surface area contributed by atoms with E-state index >= 15 is 0 Å². The van der Waals surface area contributed by atoms with Crippen LogP contribution in [0.3, 0.4) is 0 Å². The number of anilines is 1. The summed E-state index contributed by atoms with van der Waals surface area (Å²) < 4.78 is 8.59. The summed E-state index contributed by atoms with van der Waals surface area (Å²) in [6, 6.07) is 13.5. The molecule has 155 valence electrons. The number of aromatic nitrogens is 3. The first kappa shape index (κ1) is 24.4. The van der Waals surface area contributed by atoms with Crippen molar-refractivity contribution < 1.29 is 66.0 Å². The molecule has 0 saturated carbocycles. The number of rotatable bonds is 7. The van der Waals surface area contributed by atoms with E-state index in [0.717, 1.165) is 41.1 Å². The van der Waals surface area contributed by atoms with E-state index in [9.17, 15) is 9.90 Å². The number of hydrogen-bond acceptors (Lipinski definition) is 6. The van der Waals surface area contributed by atoms with Crippen LogP contribution in [0.5, 0.6) is 5.75 Å². The van der Waals surface area contributed by atoms with Gasteiger partial charge in [0.15, 0.2) is 16.3 Å². The van der Waals surface area contributed by atoms with Crippen LogP contribution < -0.4 is 66.5 Å². The molecule has 1 heterocycles. The quantitative estimate of drug-likeness (QED) is 0.258. The third-order valence-electron chi connectivity index (χ3n) is 5.07. The zero-order chi connectivity index (χ0) is 21.1. The number of aryl methyl sites for hydroxylation is 1. The molecule has 1 aromatic heterocycles. The van der Waals surface area contributed by atoms with Crippen molar-refractivity contribution in [2.75, 3.05) is 12.0 Å². The van der Waals surface area contributed by atoms with Crippen molar-refractivity contribution >= 4 is 36.1 Å². The fourth-order valence-electron chi connectivity index (χ4n) is 3.69. The van der Waals surface area contributed by atoms with E-state index in [1.54, 1.807) is 4.57 Å². The summed E-state index contributed by atoms with van der Waals surface area (Å²) in [5.41, 5.74) is 3.88. The van der Waals surface area contributed by atoms with Crippen molar-refractivity contribution in [2.45, 2.75) is 25.2 Å². The van der Waals surface area contributed by atoms with E-state index < -0.39 is 5.97 Å². The van der Waals surface area contributed by atoms with Gasteiger partial charge >= 0.3 is 51.4 Å². The van der Waals surface area contributed by atoms with Gasteiger partial charge in [0, 0.05) is 11.7 Å². The largest absolute Gasteiger partial charge is 1.00 e. The minimum absolute atomic E-state index is 0. The number of hydrogen-bond donors (Lipinski definition) is 3. The fraction of sp³-hybridized carbons (Fsp3) is 0.238. The summed E-state index contributed by atoms with van der Waals surface area (Å²) in [5.74, 6) is -0.389. The monoisotopic (exact) mass is 479 g/mol. The molecule has 0 bridgehead atoms. The van der Waals surface area contributed by atoms with Gasteiger partial charge in [0.05, 0.1) is 5.69 Å². The number of H-pyrrole nitrogens is 2. The number of nitrogens with zero attached hydrogens (tertiary/aromatic N) is 1. The maximum absolute atomic E-state index is 11.0. The average molecular weight is 480 g/mol. The molecule has 10 heteroatoms. The Balaban J connectivity index is 0.00000272. The second-order valence-electron chi connectivity index (χ2n) is 7.03. The summed E-state index contributed by atoms with van der Waals surface area (Å²) in [5, 5.41) is 19.9. The van der Waals surface area contributed by atoms with Gasteiger partial charge in [0.2, 0.25) is 0 Å². The zero-order valence-corrected chi connectivity index (χ0v) is 21.8. The Kier molecular flexibility index (Phi) is 8.68. The molecular weight excluding hydrogens is 459 g/mol. The van der Waals surface area contributed by atoms with Crippen LogP contribution >= 0.6 is 24.4 Å². The maximum Gasteiger partial charge on any atom is 1.00 e. The molecule has 1 radical (unpaired) electrons. The Morgan fingerprint density at radius 2 is 1.97 bits per heavy atom. The van der Waals surface area contributed by atoms with Gasteiger partial charge in [-0.1, -0.05) is 12.1 Å². The Labute approximate surface area is 232 Å². The second kappa shape index (κ2) is 11.0. The molecule has 1 unspecified atom stereocenters. The van der Waals surface area contributed by atoms with Gasteiger partial charge < -0.3 is 20.0 Å². The predicted octanol–water partition coefficient (Wildman–Crippen LogP) is 0.419. The number of ether oxygens (including phenoxy) is 1. The van der Waals surface area contributed by atoms with E-state index in [0.29, 0.717) is 9.54 Å². The number of aliphatic carboxylic acids is 1. The molecule has 4 rings (SSSR count). The fourth-order valence-corrected chi connectivity index (χ4v) is 4.25. The van der Waals surface area contributed by atoms with E-state index in [4.69, 9.17) is 29.2 Å². The molecule has 1 aliphatic carbocycles. The molecule has 3 aromatic rings. The van der Waals surface area contributed by atoms with Crippen LogP contribution in [0.4, 0.5) is 5.69 Å². The number of benzene rings is 2. The first-order valence-electron chi connectivity index (χ1n) is 9.54. The molecule has 0 spiro atoms.